The number of hydrogen-bond acceptors (Lipinski definition) is 5. The van der Waals surface area contributed by atoms with Gasteiger partial charge in [0, 0.05) is 6.54 Å². The number of unbranched alkanes of at least 4 members (excludes halogenated alkanes) is 6. The molecule has 0 atom stereocenters. The summed E-state index contributed by atoms with van der Waals surface area (Å²) in [5, 5.41) is 5.18. The summed E-state index contributed by atoms with van der Waals surface area (Å²) in [6.07, 6.45) is 8.47. The van der Waals surface area contributed by atoms with Crippen LogP contribution in [0, 0.1) is 0 Å². The molecule has 0 saturated heterocycles. The Balaban J connectivity index is 1.37. The molecule has 194 valence electrons. The molecule has 2 aromatic carbocycles. The van der Waals surface area contributed by atoms with Gasteiger partial charge in [-0.05, 0) is 63.3 Å². The summed E-state index contributed by atoms with van der Waals surface area (Å²) in [7, 11) is 0. The van der Waals surface area contributed by atoms with Gasteiger partial charge in [-0.3, -0.25) is 14.9 Å². The van der Waals surface area contributed by atoms with E-state index in [1.54, 1.807) is 12.1 Å². The molecule has 2 N–H and O–H groups in total. The first-order valence-electron chi connectivity index (χ1n) is 12.9. The number of fused-ring (bicyclic) bond motifs is 1. The highest BCUT2D eigenvalue weighted by molar-refractivity contribution is 6.11. The molecule has 0 saturated carbocycles. The van der Waals surface area contributed by atoms with Crippen LogP contribution in [0.3, 0.4) is 0 Å². The monoisotopic (exact) mass is 494 g/mol. The molecule has 3 rings (SSSR count). The SMILES string of the molecule is CC(C)(C)OC(=O)NCCCCCCCCCc1ccccc1Oc1cccc2c1C(=O)NC(=O)C2. The van der Waals surface area contributed by atoms with Crippen LogP contribution >= 0.6 is 0 Å². The zero-order valence-corrected chi connectivity index (χ0v) is 21.7. The standard InChI is InChI=1S/C29H38N2O5/c1-29(2,3)36-28(34)30-19-12-8-6-4-5-7-9-14-21-15-10-11-17-23(21)35-24-18-13-16-22-20-25(32)31-27(33)26(22)24/h10-11,13,15-18H,4-9,12,14,19-20H2,1-3H3,(H,30,34)(H,31,32,33). The molecule has 36 heavy (non-hydrogen) atoms. The summed E-state index contributed by atoms with van der Waals surface area (Å²) in [6.45, 7) is 6.22. The maximum Gasteiger partial charge on any atom is 0.407 e. The number of alkyl carbamates (subject to hydrolysis) is 1. The topological polar surface area (TPSA) is 93.7 Å². The highest BCUT2D eigenvalue weighted by Gasteiger charge is 2.26. The van der Waals surface area contributed by atoms with Crippen molar-refractivity contribution in [3.8, 4) is 11.5 Å². The van der Waals surface area contributed by atoms with Gasteiger partial charge in [0.2, 0.25) is 5.91 Å². The second-order valence-electron chi connectivity index (χ2n) is 10.2. The van der Waals surface area contributed by atoms with Gasteiger partial charge in [0.25, 0.3) is 5.91 Å². The summed E-state index contributed by atoms with van der Waals surface area (Å²) in [5.41, 5.74) is 1.78. The van der Waals surface area contributed by atoms with Crippen molar-refractivity contribution in [1.82, 2.24) is 10.6 Å². The first-order chi connectivity index (χ1) is 17.2. The molecular formula is C29H38N2O5. The zero-order valence-electron chi connectivity index (χ0n) is 21.7. The van der Waals surface area contributed by atoms with Crippen LogP contribution in [0.25, 0.3) is 0 Å². The van der Waals surface area contributed by atoms with E-state index in [2.05, 4.69) is 16.7 Å². The maximum atomic E-state index is 12.4. The molecule has 0 fully saturated rings. The molecular weight excluding hydrogens is 456 g/mol. The molecule has 1 aliphatic heterocycles. The van der Waals surface area contributed by atoms with E-state index in [1.807, 2.05) is 45.0 Å². The van der Waals surface area contributed by atoms with Gasteiger partial charge < -0.3 is 14.8 Å². The molecule has 0 aliphatic carbocycles. The van der Waals surface area contributed by atoms with E-state index in [-0.39, 0.29) is 18.4 Å². The number of amides is 3. The molecule has 3 amide bonds. The van der Waals surface area contributed by atoms with Crippen molar-refractivity contribution in [2.45, 2.75) is 84.2 Å². The fraction of sp³-hybridized carbons (Fsp3) is 0.483. The van der Waals surface area contributed by atoms with Crippen molar-refractivity contribution < 1.29 is 23.9 Å². The van der Waals surface area contributed by atoms with Crippen molar-refractivity contribution in [3.05, 3.63) is 59.2 Å². The number of benzene rings is 2. The van der Waals surface area contributed by atoms with E-state index in [9.17, 15) is 14.4 Å². The van der Waals surface area contributed by atoms with Gasteiger partial charge in [0.1, 0.15) is 17.1 Å². The van der Waals surface area contributed by atoms with Crippen molar-refractivity contribution in [2.75, 3.05) is 6.54 Å². The van der Waals surface area contributed by atoms with Crippen molar-refractivity contribution in [2.24, 2.45) is 0 Å². The third-order valence-electron chi connectivity index (χ3n) is 5.93. The van der Waals surface area contributed by atoms with Crippen LogP contribution in [-0.4, -0.2) is 30.1 Å². The molecule has 0 radical (unpaired) electrons. The third-order valence-corrected chi connectivity index (χ3v) is 5.93. The van der Waals surface area contributed by atoms with Crippen LogP contribution in [-0.2, 0) is 22.4 Å². The second-order valence-corrected chi connectivity index (χ2v) is 10.2. The van der Waals surface area contributed by atoms with Gasteiger partial charge in [0.05, 0.1) is 12.0 Å². The molecule has 7 nitrogen and oxygen atoms in total. The molecule has 7 heteroatoms. The van der Waals surface area contributed by atoms with E-state index in [1.165, 1.54) is 12.8 Å². The Kier molecular flexibility index (Phi) is 9.91. The minimum absolute atomic E-state index is 0.181. The predicted molar refractivity (Wildman–Crippen MR) is 139 cm³/mol. The Morgan fingerprint density at radius 3 is 2.31 bits per heavy atom. The van der Waals surface area contributed by atoms with Gasteiger partial charge >= 0.3 is 6.09 Å². The first-order valence-corrected chi connectivity index (χ1v) is 12.9. The third kappa shape index (κ3) is 8.70. The average molecular weight is 495 g/mol. The van der Waals surface area contributed by atoms with E-state index < -0.39 is 11.5 Å². The van der Waals surface area contributed by atoms with Crippen LogP contribution in [0.5, 0.6) is 11.5 Å². The highest BCUT2D eigenvalue weighted by atomic mass is 16.6. The summed E-state index contributed by atoms with van der Waals surface area (Å²) < 4.78 is 11.4. The molecule has 0 bridgehead atoms. The van der Waals surface area contributed by atoms with Gasteiger partial charge in [-0.1, -0.05) is 62.4 Å². The van der Waals surface area contributed by atoms with Crippen LogP contribution in [0.4, 0.5) is 4.79 Å². The zero-order chi connectivity index (χ0) is 26.0. The van der Waals surface area contributed by atoms with E-state index in [0.29, 0.717) is 23.4 Å². The largest absolute Gasteiger partial charge is 0.456 e. The van der Waals surface area contributed by atoms with Crippen molar-refractivity contribution in [3.63, 3.8) is 0 Å². The summed E-state index contributed by atoms with van der Waals surface area (Å²) in [5.74, 6) is 0.525. The molecule has 2 aromatic rings. The number of nitrogens with one attached hydrogen (secondary N) is 2. The number of aryl methyl sites for hydroxylation is 1. The van der Waals surface area contributed by atoms with Gasteiger partial charge in [-0.25, -0.2) is 4.79 Å². The van der Waals surface area contributed by atoms with E-state index in [0.717, 1.165) is 49.8 Å². The lowest BCUT2D eigenvalue weighted by Crippen LogP contribution is -2.37. The molecule has 0 aromatic heterocycles. The summed E-state index contributed by atoms with van der Waals surface area (Å²) >= 11 is 0. The van der Waals surface area contributed by atoms with E-state index >= 15 is 0 Å². The number of carbonyl (C=O) groups is 3. The Labute approximate surface area is 213 Å². The number of imide groups is 1. The van der Waals surface area contributed by atoms with E-state index in [4.69, 9.17) is 9.47 Å². The van der Waals surface area contributed by atoms with Crippen molar-refractivity contribution in [1.29, 1.82) is 0 Å². The fourth-order valence-corrected chi connectivity index (χ4v) is 4.23. The lowest BCUT2D eigenvalue weighted by atomic mass is 9.99. The van der Waals surface area contributed by atoms with Crippen LogP contribution in [0.2, 0.25) is 0 Å². The summed E-state index contributed by atoms with van der Waals surface area (Å²) in [4.78, 5) is 35.7. The number of rotatable bonds is 12. The smallest absolute Gasteiger partial charge is 0.407 e. The minimum Gasteiger partial charge on any atom is -0.456 e. The Bertz CT molecular complexity index is 1060. The fourth-order valence-electron chi connectivity index (χ4n) is 4.23. The van der Waals surface area contributed by atoms with Crippen LogP contribution in [0.15, 0.2) is 42.5 Å². The number of hydrogen-bond donors (Lipinski definition) is 2. The highest BCUT2D eigenvalue weighted by Crippen LogP contribution is 2.32. The van der Waals surface area contributed by atoms with Crippen molar-refractivity contribution >= 4 is 17.9 Å². The predicted octanol–water partition coefficient (Wildman–Crippen LogP) is 6.09. The Morgan fingerprint density at radius 2 is 1.56 bits per heavy atom. The van der Waals surface area contributed by atoms with Gasteiger partial charge in [-0.15, -0.1) is 0 Å². The first kappa shape index (κ1) is 27.2. The molecule has 0 unspecified atom stereocenters. The number of carbonyl (C=O) groups excluding carboxylic acids is 3. The maximum absolute atomic E-state index is 12.4. The Morgan fingerprint density at radius 1 is 0.889 bits per heavy atom. The number of para-hydroxylation sites is 1. The quantitative estimate of drug-likeness (QED) is 0.275. The average Bonchev–Trinajstić information content (AvgIpc) is 2.80. The molecule has 1 aliphatic rings. The second kappa shape index (κ2) is 13.1. The lowest BCUT2D eigenvalue weighted by molar-refractivity contribution is -0.119. The molecule has 1 heterocycles. The normalized spacial score (nSPS) is 13.1. The number of ether oxygens (including phenoxy) is 2. The van der Waals surface area contributed by atoms with Crippen LogP contribution in [0.1, 0.15) is 87.2 Å². The Hall–Kier alpha value is -3.35. The van der Waals surface area contributed by atoms with Gasteiger partial charge in [-0.2, -0.15) is 0 Å². The minimum atomic E-state index is -0.462. The lowest BCUT2D eigenvalue weighted by Gasteiger charge is -2.19. The van der Waals surface area contributed by atoms with Gasteiger partial charge in [0.15, 0.2) is 0 Å². The molecule has 0 spiro atoms. The summed E-state index contributed by atoms with van der Waals surface area (Å²) in [6, 6.07) is 13.3. The van der Waals surface area contributed by atoms with Crippen LogP contribution < -0.4 is 15.4 Å².